The Labute approximate surface area is 452 Å². The number of nitrogens with zero attached hydrogens (tertiary/aromatic N) is 2. The van der Waals surface area contributed by atoms with Crippen LogP contribution in [0.1, 0.15) is 125 Å². The summed E-state index contributed by atoms with van der Waals surface area (Å²) in [6, 6.07) is 24.8. The third-order valence-electron chi connectivity index (χ3n) is 11.7. The molecule has 6 aliphatic rings. The van der Waals surface area contributed by atoms with Crippen LogP contribution in [0.25, 0.3) is 0 Å². The predicted molar refractivity (Wildman–Crippen MR) is 291 cm³/mol. The van der Waals surface area contributed by atoms with Crippen molar-refractivity contribution in [2.24, 2.45) is 0 Å². The first-order chi connectivity index (χ1) is 35.4. The van der Waals surface area contributed by atoms with Crippen LogP contribution in [0.3, 0.4) is 0 Å². The van der Waals surface area contributed by atoms with E-state index in [4.69, 9.17) is 51.6 Å². The van der Waals surface area contributed by atoms with E-state index in [0.717, 1.165) is 67.3 Å². The standard InChI is InChI=1S/C17H22N2O4.C12H14N2O2.C11H15NO2.C10H17NO3.C4H8O.CH2Cl2/c1-16(2,3)23-15(21)19-10-8-17(9-11-19)12-6-4-5-7-13(12)18-14(20)22-17;15-11-14-10-4-2-1-3-9(10)12(16-11)5-7-13-8-6-12;1-11(2,3)14-10(13)12-9-7-5-4-6-8-9;1-10(2,3)14-9(13)11-6-4-8(12)5-7-11;1-2-4-5-3-1;2-1-3/h4-7H,8-11H2,1-3H3,(H,18,20);1-4,13H,5-8H2,(H,14,15);4-8H,1-3H3,(H,12,13);4-7H2,1-3H3;1-4H2;1H2. The number of hydrogen-bond acceptors (Lipinski definition) is 13. The minimum Gasteiger partial charge on any atom is -0.444 e. The molecule has 0 aliphatic carbocycles. The van der Waals surface area contributed by atoms with Gasteiger partial charge in [-0.3, -0.25) is 20.7 Å². The summed E-state index contributed by atoms with van der Waals surface area (Å²) in [5.41, 5.74) is 2.00. The number of carbonyl (C=O) groups is 6. The number of fused-ring (bicyclic) bond motifs is 4. The lowest BCUT2D eigenvalue weighted by molar-refractivity contribution is -0.121. The summed E-state index contributed by atoms with van der Waals surface area (Å²) in [5, 5.41) is 11.6. The molecule has 18 nitrogen and oxygen atoms in total. The third kappa shape index (κ3) is 21.4. The van der Waals surface area contributed by atoms with Gasteiger partial charge in [0.2, 0.25) is 0 Å². The minimum absolute atomic E-state index is 0.194. The lowest BCUT2D eigenvalue weighted by atomic mass is 9.82. The highest BCUT2D eigenvalue weighted by atomic mass is 35.5. The number of anilines is 3. The molecule has 0 aromatic heterocycles. The van der Waals surface area contributed by atoms with Gasteiger partial charge in [-0.25, -0.2) is 24.0 Å². The van der Waals surface area contributed by atoms with Crippen molar-refractivity contribution in [3.05, 3.63) is 90.0 Å². The zero-order chi connectivity index (χ0) is 55.3. The van der Waals surface area contributed by atoms with Crippen molar-refractivity contribution in [3.8, 4) is 0 Å². The van der Waals surface area contributed by atoms with Gasteiger partial charge in [-0.2, -0.15) is 0 Å². The molecule has 2 spiro atoms. The number of alkyl halides is 2. The van der Waals surface area contributed by atoms with E-state index in [1.807, 2.05) is 141 Å². The second kappa shape index (κ2) is 28.9. The summed E-state index contributed by atoms with van der Waals surface area (Å²) < 4.78 is 31.8. The number of benzene rings is 3. The average molecular weight is 1090 g/mol. The fourth-order valence-corrected chi connectivity index (χ4v) is 8.38. The van der Waals surface area contributed by atoms with Crippen LogP contribution >= 0.6 is 23.2 Å². The summed E-state index contributed by atoms with van der Waals surface area (Å²) in [7, 11) is 0. The smallest absolute Gasteiger partial charge is 0.412 e. The predicted octanol–water partition coefficient (Wildman–Crippen LogP) is 12.1. The van der Waals surface area contributed by atoms with E-state index in [2.05, 4.69) is 21.3 Å². The molecule has 0 saturated carbocycles. The van der Waals surface area contributed by atoms with Gasteiger partial charge in [0.15, 0.2) is 0 Å². The number of ketones is 1. The molecule has 9 rings (SSSR count). The lowest BCUT2D eigenvalue weighted by Crippen LogP contribution is -2.50. The van der Waals surface area contributed by atoms with Crippen LogP contribution in [0.15, 0.2) is 78.9 Å². The van der Waals surface area contributed by atoms with Crippen molar-refractivity contribution >= 4 is 76.5 Å². The Morgan fingerprint density at radius 1 is 0.587 bits per heavy atom. The van der Waals surface area contributed by atoms with E-state index in [0.29, 0.717) is 51.9 Å². The normalized spacial score (nSPS) is 18.0. The molecule has 6 heterocycles. The number of piperidine rings is 3. The van der Waals surface area contributed by atoms with Crippen LogP contribution in [0.5, 0.6) is 0 Å². The second-order valence-electron chi connectivity index (χ2n) is 21.2. The van der Waals surface area contributed by atoms with Gasteiger partial charge in [0.05, 0.1) is 16.7 Å². The fraction of sp³-hybridized carbons (Fsp3) is 0.564. The summed E-state index contributed by atoms with van der Waals surface area (Å²) >= 11 is 9.53. The maximum atomic E-state index is 12.2. The Hall–Kier alpha value is -5.82. The molecule has 4 saturated heterocycles. The van der Waals surface area contributed by atoms with Crippen molar-refractivity contribution in [2.45, 2.75) is 142 Å². The molecule has 414 valence electrons. The van der Waals surface area contributed by atoms with Crippen molar-refractivity contribution in [1.82, 2.24) is 15.1 Å². The summed E-state index contributed by atoms with van der Waals surface area (Å²) in [5.74, 6) is 0.227. The molecular weight excluding hydrogens is 1010 g/mol. The first-order valence-corrected chi connectivity index (χ1v) is 26.6. The van der Waals surface area contributed by atoms with Gasteiger partial charge in [0, 0.05) is 94.7 Å². The topological polar surface area (TPSA) is 212 Å². The van der Waals surface area contributed by atoms with Gasteiger partial charge in [0.25, 0.3) is 0 Å². The first-order valence-electron chi connectivity index (χ1n) is 25.5. The molecule has 0 radical (unpaired) electrons. The summed E-state index contributed by atoms with van der Waals surface area (Å²) in [6.07, 6.45) is 4.46. The number of para-hydroxylation sites is 3. The second-order valence-corrected chi connectivity index (χ2v) is 22.1. The molecule has 0 bridgehead atoms. The molecule has 6 aliphatic heterocycles. The van der Waals surface area contributed by atoms with Crippen LogP contribution < -0.4 is 21.3 Å². The summed E-state index contributed by atoms with van der Waals surface area (Å²) in [4.78, 5) is 72.6. The fourth-order valence-electron chi connectivity index (χ4n) is 8.38. The van der Waals surface area contributed by atoms with Gasteiger partial charge in [-0.05, 0) is 113 Å². The van der Waals surface area contributed by atoms with Crippen LogP contribution in [-0.4, -0.2) is 121 Å². The van der Waals surface area contributed by atoms with E-state index in [1.165, 1.54) is 12.8 Å². The largest absolute Gasteiger partial charge is 0.444 e. The van der Waals surface area contributed by atoms with Crippen molar-refractivity contribution in [1.29, 1.82) is 0 Å². The van der Waals surface area contributed by atoms with Crippen LogP contribution in [-0.2, 0) is 44.4 Å². The maximum absolute atomic E-state index is 12.2. The Balaban J connectivity index is 0.000000210. The Morgan fingerprint density at radius 3 is 1.40 bits per heavy atom. The highest BCUT2D eigenvalue weighted by molar-refractivity contribution is 6.40. The van der Waals surface area contributed by atoms with Crippen LogP contribution in [0, 0.1) is 0 Å². The molecular formula is C55H78Cl2N6O12. The molecule has 3 aromatic carbocycles. The maximum Gasteiger partial charge on any atom is 0.412 e. The van der Waals surface area contributed by atoms with Crippen LogP contribution in [0.2, 0.25) is 0 Å². The SMILES string of the molecule is C1CCOC1.CC(C)(C)OC(=O)N1CCC(=O)CC1.CC(C)(C)OC(=O)N1CCC2(CC1)OC(=O)Nc1ccccc12.CC(C)(C)OC(=O)Nc1ccccc1.ClCCl.O=C1Nc2ccccc2C2(CCNCC2)O1. The van der Waals surface area contributed by atoms with E-state index in [9.17, 15) is 28.8 Å². The van der Waals surface area contributed by atoms with E-state index >= 15 is 0 Å². The van der Waals surface area contributed by atoms with Crippen molar-refractivity contribution in [3.63, 3.8) is 0 Å². The number of hydrogen-bond donors (Lipinski definition) is 4. The molecule has 5 amide bonds. The zero-order valence-corrected chi connectivity index (χ0v) is 46.6. The van der Waals surface area contributed by atoms with Crippen LogP contribution in [0.4, 0.5) is 41.0 Å². The van der Waals surface area contributed by atoms with Gasteiger partial charge in [-0.1, -0.05) is 54.6 Å². The highest BCUT2D eigenvalue weighted by Gasteiger charge is 2.46. The first kappa shape index (κ1) is 61.7. The molecule has 3 aromatic rings. The Morgan fingerprint density at radius 2 is 0.987 bits per heavy atom. The van der Waals surface area contributed by atoms with Gasteiger partial charge in [-0.15, -0.1) is 23.2 Å². The number of ether oxygens (including phenoxy) is 6. The number of Topliss-reactive ketones (excluding diaryl/α,β-unsaturated/α-hetero) is 1. The zero-order valence-electron chi connectivity index (χ0n) is 45.1. The molecule has 0 unspecified atom stereocenters. The average Bonchev–Trinajstić information content (AvgIpc) is 3.93. The van der Waals surface area contributed by atoms with Gasteiger partial charge >= 0.3 is 30.5 Å². The summed E-state index contributed by atoms with van der Waals surface area (Å²) in [6.45, 7) is 22.3. The molecule has 4 fully saturated rings. The monoisotopic (exact) mass is 1080 g/mol. The molecule has 0 atom stereocenters. The number of amides is 5. The van der Waals surface area contributed by atoms with Crippen molar-refractivity contribution in [2.75, 3.05) is 73.8 Å². The quantitative estimate of drug-likeness (QED) is 0.132. The molecule has 20 heteroatoms. The van der Waals surface area contributed by atoms with Crippen molar-refractivity contribution < 1.29 is 57.2 Å². The van der Waals surface area contributed by atoms with E-state index < -0.39 is 40.2 Å². The number of likely N-dealkylation sites (tertiary alicyclic amines) is 2. The Bertz CT molecular complexity index is 2300. The highest BCUT2D eigenvalue weighted by Crippen LogP contribution is 2.44. The number of nitrogens with one attached hydrogen (secondary N) is 4. The third-order valence-corrected chi connectivity index (χ3v) is 11.7. The Kier molecular flexibility index (Phi) is 23.8. The number of carbonyl (C=O) groups excluding carboxylic acids is 6. The van der Waals surface area contributed by atoms with Gasteiger partial charge in [0.1, 0.15) is 33.8 Å². The minimum atomic E-state index is -0.655. The van der Waals surface area contributed by atoms with E-state index in [1.54, 1.807) is 9.80 Å². The van der Waals surface area contributed by atoms with E-state index in [-0.39, 0.29) is 29.4 Å². The lowest BCUT2D eigenvalue weighted by Gasteiger charge is -2.44. The van der Waals surface area contributed by atoms with Gasteiger partial charge < -0.3 is 43.5 Å². The number of rotatable bonds is 1. The molecule has 4 N–H and O–H groups in total. The number of halogens is 2. The molecule has 75 heavy (non-hydrogen) atoms.